The lowest BCUT2D eigenvalue weighted by Gasteiger charge is -2.30. The third kappa shape index (κ3) is 2.99. The van der Waals surface area contributed by atoms with Gasteiger partial charge in [-0.1, -0.05) is 61.3 Å². The Bertz CT molecular complexity index is 399. The highest BCUT2D eigenvalue weighted by Crippen LogP contribution is 2.38. The Morgan fingerprint density at radius 1 is 1.24 bits per heavy atom. The Hall–Kier alpha value is -0.600. The van der Waals surface area contributed by atoms with Crippen LogP contribution >= 0.6 is 23.8 Å². The lowest BCUT2D eigenvalue weighted by atomic mass is 9.77. The smallest absolute Gasteiger partial charge is 0.0806 e. The predicted octanol–water partition coefficient (Wildman–Crippen LogP) is 4.29. The second-order valence-corrected chi connectivity index (χ2v) is 5.68. The van der Waals surface area contributed by atoms with Crippen molar-refractivity contribution in [2.75, 3.05) is 0 Å². The lowest BCUT2D eigenvalue weighted by molar-refractivity contribution is 0.342. The molecule has 1 saturated carbocycles. The van der Waals surface area contributed by atoms with E-state index in [1.54, 1.807) is 0 Å². The molecule has 0 saturated heterocycles. The summed E-state index contributed by atoms with van der Waals surface area (Å²) in [6.07, 6.45) is 6.34. The topological polar surface area (TPSA) is 26.0 Å². The van der Waals surface area contributed by atoms with E-state index in [9.17, 15) is 0 Å². The maximum Gasteiger partial charge on any atom is 0.0806 e. The van der Waals surface area contributed by atoms with Gasteiger partial charge in [-0.15, -0.1) is 0 Å². The minimum Gasteiger partial charge on any atom is -0.393 e. The van der Waals surface area contributed by atoms with E-state index >= 15 is 0 Å². The molecule has 1 unspecified atom stereocenters. The van der Waals surface area contributed by atoms with E-state index in [2.05, 4.69) is 6.07 Å². The average molecular weight is 268 g/mol. The molecule has 0 spiro atoms. The van der Waals surface area contributed by atoms with Crippen molar-refractivity contribution in [1.82, 2.24) is 0 Å². The molecule has 0 amide bonds. The second-order valence-electron chi connectivity index (χ2n) is 4.80. The van der Waals surface area contributed by atoms with Crippen molar-refractivity contribution in [2.45, 2.75) is 38.0 Å². The first kappa shape index (κ1) is 12.8. The molecule has 0 bridgehead atoms. The van der Waals surface area contributed by atoms with Gasteiger partial charge in [-0.2, -0.15) is 0 Å². The molecular formula is C14H18ClNS. The molecule has 1 nitrogen and oxygen atoms in total. The quantitative estimate of drug-likeness (QED) is 0.827. The third-order valence-corrected chi connectivity index (χ3v) is 4.27. The van der Waals surface area contributed by atoms with E-state index in [1.165, 1.54) is 32.1 Å². The molecule has 1 aromatic carbocycles. The van der Waals surface area contributed by atoms with Crippen LogP contribution in [0, 0.1) is 5.92 Å². The van der Waals surface area contributed by atoms with Gasteiger partial charge in [-0.25, -0.2) is 0 Å². The van der Waals surface area contributed by atoms with Crippen molar-refractivity contribution < 1.29 is 0 Å². The standard InChI is InChI=1S/C14H18ClNS/c15-12-9-5-4-8-11(12)13(14(16)17)10-6-2-1-3-7-10/h4-5,8-10,13H,1-3,6-7H2,(H2,16,17). The van der Waals surface area contributed by atoms with Gasteiger partial charge in [0.05, 0.1) is 4.99 Å². The van der Waals surface area contributed by atoms with Crippen LogP contribution in [0.25, 0.3) is 0 Å². The van der Waals surface area contributed by atoms with E-state index in [-0.39, 0.29) is 5.92 Å². The molecule has 3 heteroatoms. The molecule has 2 N–H and O–H groups in total. The van der Waals surface area contributed by atoms with Crippen LogP contribution < -0.4 is 5.73 Å². The van der Waals surface area contributed by atoms with Gasteiger partial charge in [0.25, 0.3) is 0 Å². The van der Waals surface area contributed by atoms with Crippen LogP contribution in [0.4, 0.5) is 0 Å². The first-order valence-corrected chi connectivity index (χ1v) is 7.02. The normalized spacial score (nSPS) is 18.9. The number of halogens is 1. The molecule has 1 aromatic rings. The van der Waals surface area contributed by atoms with Crippen LogP contribution in [0.2, 0.25) is 5.02 Å². The molecule has 1 aliphatic carbocycles. The van der Waals surface area contributed by atoms with Gasteiger partial charge in [-0.3, -0.25) is 0 Å². The maximum atomic E-state index is 6.27. The summed E-state index contributed by atoms with van der Waals surface area (Å²) in [5.41, 5.74) is 7.05. The second kappa shape index (κ2) is 5.83. The van der Waals surface area contributed by atoms with Crippen LogP contribution in [0.1, 0.15) is 43.6 Å². The van der Waals surface area contributed by atoms with Crippen molar-refractivity contribution in [1.29, 1.82) is 0 Å². The van der Waals surface area contributed by atoms with Crippen molar-refractivity contribution in [2.24, 2.45) is 11.7 Å². The lowest BCUT2D eigenvalue weighted by Crippen LogP contribution is -2.28. The van der Waals surface area contributed by atoms with E-state index in [0.29, 0.717) is 10.9 Å². The Morgan fingerprint density at radius 2 is 1.88 bits per heavy atom. The Morgan fingerprint density at radius 3 is 2.47 bits per heavy atom. The monoisotopic (exact) mass is 267 g/mol. The minimum absolute atomic E-state index is 0.152. The fourth-order valence-electron chi connectivity index (χ4n) is 2.83. The summed E-state index contributed by atoms with van der Waals surface area (Å²) >= 11 is 11.5. The Balaban J connectivity index is 2.28. The van der Waals surface area contributed by atoms with E-state index in [4.69, 9.17) is 29.6 Å². The fraction of sp³-hybridized carbons (Fsp3) is 0.500. The van der Waals surface area contributed by atoms with Crippen LogP contribution in [0.3, 0.4) is 0 Å². The van der Waals surface area contributed by atoms with Crippen LogP contribution in [0.15, 0.2) is 24.3 Å². The SMILES string of the molecule is NC(=S)C(c1ccccc1Cl)C1CCCCC1. The zero-order valence-electron chi connectivity index (χ0n) is 9.86. The average Bonchev–Trinajstić information content (AvgIpc) is 2.33. The maximum absolute atomic E-state index is 6.27. The summed E-state index contributed by atoms with van der Waals surface area (Å²) in [6.45, 7) is 0. The number of hydrogen-bond donors (Lipinski definition) is 1. The van der Waals surface area contributed by atoms with Gasteiger partial charge in [0, 0.05) is 10.9 Å². The summed E-state index contributed by atoms with van der Waals surface area (Å²) in [4.78, 5) is 0.588. The number of rotatable bonds is 3. The first-order chi connectivity index (χ1) is 8.20. The highest BCUT2D eigenvalue weighted by molar-refractivity contribution is 7.80. The molecule has 1 aliphatic rings. The third-order valence-electron chi connectivity index (χ3n) is 3.67. The molecule has 92 valence electrons. The minimum atomic E-state index is 0.152. The van der Waals surface area contributed by atoms with Gasteiger partial charge >= 0.3 is 0 Å². The van der Waals surface area contributed by atoms with Crippen molar-refractivity contribution in [3.63, 3.8) is 0 Å². The summed E-state index contributed by atoms with van der Waals surface area (Å²) < 4.78 is 0. The number of thiocarbonyl (C=S) groups is 1. The zero-order valence-corrected chi connectivity index (χ0v) is 11.4. The zero-order chi connectivity index (χ0) is 12.3. The molecule has 2 rings (SSSR count). The Labute approximate surface area is 113 Å². The highest BCUT2D eigenvalue weighted by atomic mass is 35.5. The van der Waals surface area contributed by atoms with Gasteiger partial charge in [0.2, 0.25) is 0 Å². The fourth-order valence-corrected chi connectivity index (χ4v) is 3.41. The van der Waals surface area contributed by atoms with E-state index in [1.807, 2.05) is 18.2 Å². The highest BCUT2D eigenvalue weighted by Gasteiger charge is 2.28. The molecule has 0 aromatic heterocycles. The van der Waals surface area contributed by atoms with E-state index in [0.717, 1.165) is 10.6 Å². The van der Waals surface area contributed by atoms with Crippen LogP contribution in [-0.2, 0) is 0 Å². The Kier molecular flexibility index (Phi) is 4.41. The van der Waals surface area contributed by atoms with Crippen molar-refractivity contribution in [3.8, 4) is 0 Å². The van der Waals surface area contributed by atoms with Gasteiger partial charge in [0.1, 0.15) is 0 Å². The number of benzene rings is 1. The van der Waals surface area contributed by atoms with Gasteiger partial charge < -0.3 is 5.73 Å². The predicted molar refractivity (Wildman–Crippen MR) is 77.6 cm³/mol. The molecule has 0 aliphatic heterocycles. The van der Waals surface area contributed by atoms with Gasteiger partial charge in [0.15, 0.2) is 0 Å². The van der Waals surface area contributed by atoms with Crippen LogP contribution in [0.5, 0.6) is 0 Å². The molecule has 0 radical (unpaired) electrons. The number of hydrogen-bond acceptors (Lipinski definition) is 1. The summed E-state index contributed by atoms with van der Waals surface area (Å²) in [5, 5.41) is 0.788. The number of nitrogens with two attached hydrogens (primary N) is 1. The molecule has 17 heavy (non-hydrogen) atoms. The molecule has 1 fully saturated rings. The van der Waals surface area contributed by atoms with Crippen LogP contribution in [-0.4, -0.2) is 4.99 Å². The van der Waals surface area contributed by atoms with Crippen molar-refractivity contribution >= 4 is 28.8 Å². The molecular weight excluding hydrogens is 250 g/mol. The summed E-state index contributed by atoms with van der Waals surface area (Å²) in [7, 11) is 0. The molecule has 1 atom stereocenters. The summed E-state index contributed by atoms with van der Waals surface area (Å²) in [5.74, 6) is 0.722. The molecule has 0 heterocycles. The van der Waals surface area contributed by atoms with Gasteiger partial charge in [-0.05, 0) is 30.4 Å². The largest absolute Gasteiger partial charge is 0.393 e. The summed E-state index contributed by atoms with van der Waals surface area (Å²) in [6, 6.07) is 7.93. The first-order valence-electron chi connectivity index (χ1n) is 6.24. The van der Waals surface area contributed by atoms with Crippen molar-refractivity contribution in [3.05, 3.63) is 34.9 Å². The van der Waals surface area contributed by atoms with E-state index < -0.39 is 0 Å².